The number of hydrogen-bond donors (Lipinski definition) is 0. The highest BCUT2D eigenvalue weighted by Crippen LogP contribution is 2.51. The Kier molecular flexibility index (Phi) is 8.98. The quantitative estimate of drug-likeness (QED) is 0.292. The molecular formula is C34H34FN5O5S. The number of carbonyl (C=O) groups is 3. The summed E-state index contributed by atoms with van der Waals surface area (Å²) < 4.78 is 27.1. The molecule has 2 aliphatic rings. The van der Waals surface area contributed by atoms with Crippen molar-refractivity contribution in [1.82, 2.24) is 19.6 Å². The molecular weight excluding hydrogens is 609 g/mol. The largest absolute Gasteiger partial charge is 0.497 e. The number of rotatable bonds is 7. The Morgan fingerprint density at radius 2 is 1.63 bits per heavy atom. The van der Waals surface area contributed by atoms with Crippen LogP contribution in [0.2, 0.25) is 0 Å². The Balaban J connectivity index is 1.55. The van der Waals surface area contributed by atoms with E-state index < -0.39 is 11.1 Å². The average molecular weight is 644 g/mol. The van der Waals surface area contributed by atoms with Gasteiger partial charge in [-0.1, -0.05) is 30.3 Å². The molecule has 6 rings (SSSR count). The SMILES string of the molecule is COc1ccc(OC)c(C2SCC(=O)N(CC(=O)N3CCN(C(C)=O)CC3)c3c2c(-c2ccccc2)nn3-c2ccc(F)cc2)c1. The van der Waals surface area contributed by atoms with Crippen molar-refractivity contribution < 1.29 is 28.2 Å². The average Bonchev–Trinajstić information content (AvgIpc) is 3.41. The molecule has 4 aromatic rings. The van der Waals surface area contributed by atoms with Gasteiger partial charge in [-0.05, 0) is 42.5 Å². The highest BCUT2D eigenvalue weighted by Gasteiger charge is 2.39. The van der Waals surface area contributed by atoms with Gasteiger partial charge in [0.2, 0.25) is 17.7 Å². The maximum absolute atomic E-state index is 14.1. The van der Waals surface area contributed by atoms with Crippen LogP contribution in [0.15, 0.2) is 72.8 Å². The summed E-state index contributed by atoms with van der Waals surface area (Å²) in [6.07, 6.45) is 0. The number of halogens is 1. The van der Waals surface area contributed by atoms with Gasteiger partial charge in [-0.2, -0.15) is 5.10 Å². The topological polar surface area (TPSA) is 97.2 Å². The molecule has 238 valence electrons. The van der Waals surface area contributed by atoms with Gasteiger partial charge in [0.1, 0.15) is 29.7 Å². The van der Waals surface area contributed by atoms with Gasteiger partial charge in [-0.25, -0.2) is 9.07 Å². The minimum atomic E-state index is -0.451. The lowest BCUT2D eigenvalue weighted by Crippen LogP contribution is -2.53. The summed E-state index contributed by atoms with van der Waals surface area (Å²) >= 11 is 1.42. The summed E-state index contributed by atoms with van der Waals surface area (Å²) in [6.45, 7) is 2.89. The first-order valence-corrected chi connectivity index (χ1v) is 16.0. The van der Waals surface area contributed by atoms with Crippen molar-refractivity contribution in [2.45, 2.75) is 12.2 Å². The molecule has 0 N–H and O–H groups in total. The predicted molar refractivity (Wildman–Crippen MR) is 174 cm³/mol. The molecule has 1 aromatic heterocycles. The van der Waals surface area contributed by atoms with Crippen molar-refractivity contribution in [3.63, 3.8) is 0 Å². The van der Waals surface area contributed by atoms with Gasteiger partial charge < -0.3 is 19.3 Å². The number of methoxy groups -OCH3 is 2. The number of fused-ring (bicyclic) bond motifs is 1. The van der Waals surface area contributed by atoms with E-state index in [-0.39, 0.29) is 30.0 Å². The van der Waals surface area contributed by atoms with Crippen LogP contribution in [0.25, 0.3) is 16.9 Å². The molecule has 1 atom stereocenters. The summed E-state index contributed by atoms with van der Waals surface area (Å²) in [4.78, 5) is 44.7. The van der Waals surface area contributed by atoms with Gasteiger partial charge in [0.05, 0.1) is 36.6 Å². The van der Waals surface area contributed by atoms with E-state index >= 15 is 0 Å². The van der Waals surface area contributed by atoms with Crippen LogP contribution in [0.1, 0.15) is 23.3 Å². The first kappa shape index (κ1) is 31.2. The molecule has 0 saturated carbocycles. The summed E-state index contributed by atoms with van der Waals surface area (Å²) in [5.74, 6) is 0.775. The molecule has 46 heavy (non-hydrogen) atoms. The molecule has 0 spiro atoms. The maximum Gasteiger partial charge on any atom is 0.242 e. The van der Waals surface area contributed by atoms with Crippen molar-refractivity contribution >= 4 is 35.3 Å². The van der Waals surface area contributed by atoms with E-state index in [0.29, 0.717) is 60.4 Å². The van der Waals surface area contributed by atoms with Gasteiger partial charge in [0.15, 0.2) is 0 Å². The molecule has 1 unspecified atom stereocenters. The molecule has 10 nitrogen and oxygen atoms in total. The Labute approximate surface area is 270 Å². The van der Waals surface area contributed by atoms with Crippen LogP contribution in [0.5, 0.6) is 11.5 Å². The maximum atomic E-state index is 14.1. The van der Waals surface area contributed by atoms with E-state index in [2.05, 4.69) is 0 Å². The van der Waals surface area contributed by atoms with Crippen LogP contribution in [-0.2, 0) is 14.4 Å². The molecule has 3 aromatic carbocycles. The van der Waals surface area contributed by atoms with E-state index in [1.54, 1.807) is 40.8 Å². The van der Waals surface area contributed by atoms with Gasteiger partial charge in [-0.15, -0.1) is 11.8 Å². The second-order valence-electron chi connectivity index (χ2n) is 11.0. The molecule has 12 heteroatoms. The highest BCUT2D eigenvalue weighted by atomic mass is 32.2. The van der Waals surface area contributed by atoms with E-state index in [0.717, 1.165) is 11.1 Å². The van der Waals surface area contributed by atoms with E-state index in [1.165, 1.54) is 35.7 Å². The second-order valence-corrected chi connectivity index (χ2v) is 12.1. The fraction of sp³-hybridized carbons (Fsp3) is 0.294. The fourth-order valence-electron chi connectivity index (χ4n) is 5.89. The third-order valence-corrected chi connectivity index (χ3v) is 9.53. The van der Waals surface area contributed by atoms with Crippen molar-refractivity contribution in [2.24, 2.45) is 0 Å². The zero-order valence-electron chi connectivity index (χ0n) is 25.8. The van der Waals surface area contributed by atoms with Gasteiger partial charge >= 0.3 is 0 Å². The molecule has 0 bridgehead atoms. The lowest BCUT2D eigenvalue weighted by atomic mass is 9.98. The number of anilines is 1. The van der Waals surface area contributed by atoms with Crippen LogP contribution in [0.3, 0.4) is 0 Å². The first-order chi connectivity index (χ1) is 22.3. The van der Waals surface area contributed by atoms with Crippen molar-refractivity contribution in [1.29, 1.82) is 0 Å². The van der Waals surface area contributed by atoms with Crippen molar-refractivity contribution in [3.8, 4) is 28.4 Å². The van der Waals surface area contributed by atoms with Crippen molar-refractivity contribution in [3.05, 3.63) is 89.7 Å². The summed E-state index contributed by atoms with van der Waals surface area (Å²) in [5.41, 5.74) is 3.46. The zero-order valence-corrected chi connectivity index (χ0v) is 26.6. The molecule has 3 amide bonds. The fourth-order valence-corrected chi connectivity index (χ4v) is 7.10. The summed E-state index contributed by atoms with van der Waals surface area (Å²) in [5, 5.41) is 4.61. The number of hydrogen-bond acceptors (Lipinski definition) is 7. The van der Waals surface area contributed by atoms with Gasteiger partial charge in [-0.3, -0.25) is 19.3 Å². The van der Waals surface area contributed by atoms with Crippen LogP contribution < -0.4 is 14.4 Å². The Morgan fingerprint density at radius 1 is 0.935 bits per heavy atom. The Bertz CT molecular complexity index is 1760. The van der Waals surface area contributed by atoms with Gasteiger partial charge in [0, 0.05) is 49.8 Å². The lowest BCUT2D eigenvalue weighted by molar-refractivity contribution is -0.137. The number of benzene rings is 3. The number of thioether (sulfide) groups is 1. The standard InChI is InChI=1S/C34H34FN5O5S/c1-22(41)37-15-17-38(18-16-37)29(42)20-39-30(43)21-46-33(27-19-26(44-2)13-14-28(27)45-3)31-32(23-7-5-4-6-8-23)36-40(34(31)39)25-11-9-24(35)10-12-25/h4-14,19,33H,15-18,20-21H2,1-3H3. The minimum absolute atomic E-state index is 0.0351. The number of nitrogens with zero attached hydrogens (tertiary/aromatic N) is 5. The number of carbonyl (C=O) groups excluding carboxylic acids is 3. The summed E-state index contributed by atoms with van der Waals surface area (Å²) in [7, 11) is 3.18. The Morgan fingerprint density at radius 3 is 2.28 bits per heavy atom. The Hall–Kier alpha value is -4.84. The summed E-state index contributed by atoms with van der Waals surface area (Å²) in [6, 6.07) is 21.0. The zero-order chi connectivity index (χ0) is 32.4. The van der Waals surface area contributed by atoms with Gasteiger partial charge in [0.25, 0.3) is 0 Å². The molecule has 3 heterocycles. The minimum Gasteiger partial charge on any atom is -0.497 e. The third kappa shape index (κ3) is 6.04. The van der Waals surface area contributed by atoms with E-state index in [9.17, 15) is 18.8 Å². The first-order valence-electron chi connectivity index (χ1n) is 14.9. The van der Waals surface area contributed by atoms with Crippen LogP contribution >= 0.6 is 11.8 Å². The van der Waals surface area contributed by atoms with Crippen LogP contribution in [0, 0.1) is 5.82 Å². The normalized spacial score (nSPS) is 16.6. The molecule has 1 fully saturated rings. The number of amides is 3. The smallest absolute Gasteiger partial charge is 0.242 e. The monoisotopic (exact) mass is 643 g/mol. The van der Waals surface area contributed by atoms with E-state index in [1.807, 2.05) is 48.5 Å². The number of piperazine rings is 1. The van der Waals surface area contributed by atoms with Crippen LogP contribution in [0.4, 0.5) is 10.2 Å². The lowest BCUT2D eigenvalue weighted by Gasteiger charge is -2.35. The van der Waals surface area contributed by atoms with E-state index in [4.69, 9.17) is 14.6 Å². The third-order valence-electron chi connectivity index (χ3n) is 8.30. The molecule has 1 saturated heterocycles. The molecule has 0 aliphatic carbocycles. The molecule has 0 radical (unpaired) electrons. The number of ether oxygens (including phenoxy) is 2. The molecule has 2 aliphatic heterocycles. The van der Waals surface area contributed by atoms with Crippen molar-refractivity contribution in [2.75, 3.05) is 57.6 Å². The highest BCUT2D eigenvalue weighted by molar-refractivity contribution is 8.00. The second kappa shape index (κ2) is 13.3. The number of aromatic nitrogens is 2. The predicted octanol–water partition coefficient (Wildman–Crippen LogP) is 4.56. The van der Waals surface area contributed by atoms with Crippen LogP contribution in [-0.4, -0.2) is 90.0 Å².